The van der Waals surface area contributed by atoms with Gasteiger partial charge in [0.2, 0.25) is 0 Å². The lowest BCUT2D eigenvalue weighted by molar-refractivity contribution is 0.0204. The molecule has 5 heteroatoms. The smallest absolute Gasteiger partial charge is 0.410 e. The number of rotatable bonds is 3. The third-order valence-corrected chi connectivity index (χ3v) is 6.88. The van der Waals surface area contributed by atoms with Crippen LogP contribution in [0.5, 0.6) is 0 Å². The number of nitrogens with zero attached hydrogens (tertiary/aromatic N) is 2. The van der Waals surface area contributed by atoms with Gasteiger partial charge in [0.15, 0.2) is 0 Å². The highest BCUT2D eigenvalue weighted by Gasteiger charge is 2.32. The molecule has 0 radical (unpaired) electrons. The Kier molecular flexibility index (Phi) is 6.61. The summed E-state index contributed by atoms with van der Waals surface area (Å²) in [5, 5.41) is 0. The van der Waals surface area contributed by atoms with E-state index in [4.69, 9.17) is 4.74 Å². The van der Waals surface area contributed by atoms with Crippen molar-refractivity contribution in [2.24, 2.45) is 0 Å². The van der Waals surface area contributed by atoms with Crippen molar-refractivity contribution in [2.45, 2.75) is 64.0 Å². The Hall–Kier alpha value is -2.01. The van der Waals surface area contributed by atoms with Crippen molar-refractivity contribution < 1.29 is 9.53 Å². The number of hydrogen-bond acceptors (Lipinski definition) is 3. The normalized spacial score (nSPS) is 20.2. The van der Waals surface area contributed by atoms with Crippen molar-refractivity contribution in [3.63, 3.8) is 0 Å². The first-order valence-corrected chi connectivity index (χ1v) is 12.2. The number of carbonyl (C=O) groups is 1. The third kappa shape index (κ3) is 5.25. The number of ether oxygens (including phenoxy) is 1. The molecule has 1 amide bonds. The maximum atomic E-state index is 12.5. The van der Waals surface area contributed by atoms with Crippen LogP contribution in [-0.2, 0) is 4.74 Å². The molecule has 2 heterocycles. The second-order valence-corrected chi connectivity index (χ2v) is 10.6. The molecule has 2 aliphatic heterocycles. The fourth-order valence-corrected chi connectivity index (χ4v) is 5.18. The highest BCUT2D eigenvalue weighted by molar-refractivity contribution is 9.10. The summed E-state index contributed by atoms with van der Waals surface area (Å²) in [6.07, 6.45) is 4.19. The van der Waals surface area contributed by atoms with Crippen molar-refractivity contribution in [3.05, 3.63) is 64.1 Å². The Morgan fingerprint density at radius 2 is 1.58 bits per heavy atom. The number of benzene rings is 2. The van der Waals surface area contributed by atoms with E-state index in [1.165, 1.54) is 29.7 Å². The average Bonchev–Trinajstić information content (AvgIpc) is 3.23. The highest BCUT2D eigenvalue weighted by atomic mass is 79.9. The van der Waals surface area contributed by atoms with Gasteiger partial charge in [-0.1, -0.05) is 40.2 Å². The topological polar surface area (TPSA) is 32.8 Å². The molecule has 0 N–H and O–H groups in total. The van der Waals surface area contributed by atoms with E-state index in [0.29, 0.717) is 12.0 Å². The van der Waals surface area contributed by atoms with E-state index >= 15 is 0 Å². The van der Waals surface area contributed by atoms with E-state index in [0.717, 1.165) is 36.9 Å². The van der Waals surface area contributed by atoms with Gasteiger partial charge >= 0.3 is 6.09 Å². The minimum Gasteiger partial charge on any atom is -0.444 e. The fourth-order valence-electron chi connectivity index (χ4n) is 4.92. The number of halogens is 1. The predicted octanol–water partition coefficient (Wildman–Crippen LogP) is 6.91. The van der Waals surface area contributed by atoms with Gasteiger partial charge in [-0.2, -0.15) is 0 Å². The van der Waals surface area contributed by atoms with Crippen molar-refractivity contribution >= 4 is 27.7 Å². The van der Waals surface area contributed by atoms with Gasteiger partial charge in [0.25, 0.3) is 0 Å². The number of likely N-dealkylation sites (tertiary alicyclic amines) is 1. The molecule has 0 unspecified atom stereocenters. The molecule has 0 spiro atoms. The average molecular weight is 485 g/mol. The van der Waals surface area contributed by atoms with E-state index in [1.54, 1.807) is 0 Å². The second-order valence-electron chi connectivity index (χ2n) is 9.70. The molecule has 2 saturated heterocycles. The summed E-state index contributed by atoms with van der Waals surface area (Å²) in [5.74, 6) is 0.488. The summed E-state index contributed by atoms with van der Waals surface area (Å²) >= 11 is 3.55. The van der Waals surface area contributed by atoms with Crippen molar-refractivity contribution in [2.75, 3.05) is 24.5 Å². The minimum atomic E-state index is -0.445. The summed E-state index contributed by atoms with van der Waals surface area (Å²) in [6.45, 7) is 8.38. The van der Waals surface area contributed by atoms with Crippen LogP contribution in [0.4, 0.5) is 10.5 Å². The maximum Gasteiger partial charge on any atom is 0.410 e. The zero-order valence-corrected chi connectivity index (χ0v) is 20.4. The van der Waals surface area contributed by atoms with Crippen molar-refractivity contribution in [3.8, 4) is 0 Å². The van der Waals surface area contributed by atoms with Gasteiger partial charge in [-0.3, -0.25) is 0 Å². The molecule has 2 aromatic rings. The summed E-state index contributed by atoms with van der Waals surface area (Å²) < 4.78 is 6.69. The lowest BCUT2D eigenvalue weighted by Crippen LogP contribution is -2.41. The van der Waals surface area contributed by atoms with Gasteiger partial charge in [-0.25, -0.2) is 4.79 Å². The van der Waals surface area contributed by atoms with Gasteiger partial charge in [0.05, 0.1) is 6.04 Å². The lowest BCUT2D eigenvalue weighted by atomic mass is 9.84. The molecule has 166 valence electrons. The van der Waals surface area contributed by atoms with Crippen LogP contribution in [-0.4, -0.2) is 36.2 Å². The number of hydrogen-bond donors (Lipinski definition) is 0. The molecule has 4 nitrogen and oxygen atoms in total. The monoisotopic (exact) mass is 484 g/mol. The summed E-state index contributed by atoms with van der Waals surface area (Å²) in [6, 6.07) is 18.1. The molecule has 1 atom stereocenters. The first-order valence-electron chi connectivity index (χ1n) is 11.4. The number of anilines is 1. The number of amides is 1. The molecule has 0 aromatic heterocycles. The van der Waals surface area contributed by atoms with Gasteiger partial charge in [-0.15, -0.1) is 0 Å². The number of carbonyl (C=O) groups excluding carboxylic acids is 1. The molecule has 0 aliphatic carbocycles. The second kappa shape index (κ2) is 9.23. The largest absolute Gasteiger partial charge is 0.444 e. The quantitative estimate of drug-likeness (QED) is 0.474. The molecule has 4 rings (SSSR count). The third-order valence-electron chi connectivity index (χ3n) is 6.35. The van der Waals surface area contributed by atoms with Crippen LogP contribution in [0.2, 0.25) is 0 Å². The van der Waals surface area contributed by atoms with Gasteiger partial charge < -0.3 is 14.5 Å². The van der Waals surface area contributed by atoms with Gasteiger partial charge in [0, 0.05) is 29.8 Å². The molecule has 2 fully saturated rings. The molecular weight excluding hydrogens is 452 g/mol. The maximum absolute atomic E-state index is 12.5. The van der Waals surface area contributed by atoms with Crippen LogP contribution in [0.1, 0.15) is 69.5 Å². The lowest BCUT2D eigenvalue weighted by Gasteiger charge is -2.36. The van der Waals surface area contributed by atoms with Crippen LogP contribution < -0.4 is 4.90 Å². The number of piperidine rings is 1. The van der Waals surface area contributed by atoms with E-state index in [9.17, 15) is 4.79 Å². The summed E-state index contributed by atoms with van der Waals surface area (Å²) in [7, 11) is 0. The molecule has 0 bridgehead atoms. The van der Waals surface area contributed by atoms with Crippen LogP contribution in [0, 0.1) is 0 Å². The Balaban J connectivity index is 1.49. The van der Waals surface area contributed by atoms with Crippen LogP contribution >= 0.6 is 15.9 Å². The van der Waals surface area contributed by atoms with Crippen LogP contribution in [0.25, 0.3) is 0 Å². The van der Waals surface area contributed by atoms with E-state index in [-0.39, 0.29) is 6.09 Å². The molecule has 31 heavy (non-hydrogen) atoms. The standard InChI is InChI=1S/C26H33BrN2O2/c1-26(2,3)31-25(30)28-17-14-19(15-18-28)22-7-4-5-8-23(22)24-9-6-16-29(24)21-12-10-20(27)11-13-21/h4-5,7-8,10-13,19,24H,6,9,14-18H2,1-3H3/t24-/m1/s1. The SMILES string of the molecule is CC(C)(C)OC(=O)N1CCC(c2ccccc2[C@H]2CCCN2c2ccc(Br)cc2)CC1. The van der Waals surface area contributed by atoms with Crippen molar-refractivity contribution in [1.29, 1.82) is 0 Å². The molecular formula is C26H33BrN2O2. The fraction of sp³-hybridized carbons (Fsp3) is 0.500. The zero-order valence-electron chi connectivity index (χ0n) is 18.8. The van der Waals surface area contributed by atoms with Crippen LogP contribution in [0.3, 0.4) is 0 Å². The first-order chi connectivity index (χ1) is 14.8. The predicted molar refractivity (Wildman–Crippen MR) is 130 cm³/mol. The van der Waals surface area contributed by atoms with Crippen LogP contribution in [0.15, 0.2) is 53.0 Å². The highest BCUT2D eigenvalue weighted by Crippen LogP contribution is 2.41. The van der Waals surface area contributed by atoms with Crippen molar-refractivity contribution in [1.82, 2.24) is 4.90 Å². The van der Waals surface area contributed by atoms with E-state index < -0.39 is 5.60 Å². The summed E-state index contributed by atoms with van der Waals surface area (Å²) in [4.78, 5) is 16.9. The van der Waals surface area contributed by atoms with E-state index in [2.05, 4.69) is 69.4 Å². The van der Waals surface area contributed by atoms with Gasteiger partial charge in [-0.05, 0) is 87.8 Å². The van der Waals surface area contributed by atoms with E-state index in [1.807, 2.05) is 25.7 Å². The Bertz CT molecular complexity index is 898. The zero-order chi connectivity index (χ0) is 22.0. The molecule has 0 saturated carbocycles. The molecule has 2 aromatic carbocycles. The Morgan fingerprint density at radius 1 is 0.935 bits per heavy atom. The Morgan fingerprint density at radius 3 is 2.23 bits per heavy atom. The van der Waals surface area contributed by atoms with Gasteiger partial charge in [0.1, 0.15) is 5.60 Å². The first kappa shape index (κ1) is 22.2. The Labute approximate surface area is 194 Å². The molecule has 2 aliphatic rings. The minimum absolute atomic E-state index is 0.184. The summed E-state index contributed by atoms with van der Waals surface area (Å²) in [5.41, 5.74) is 3.76.